The molecule has 2 fully saturated rings. The molecule has 0 N–H and O–H groups in total. The Morgan fingerprint density at radius 1 is 1.40 bits per heavy atom. The van der Waals surface area contributed by atoms with E-state index in [2.05, 4.69) is 6.92 Å². The van der Waals surface area contributed by atoms with Crippen LogP contribution in [0.1, 0.15) is 52.4 Å². The lowest BCUT2D eigenvalue weighted by Crippen LogP contribution is -2.46. The first kappa shape index (κ1) is 11.1. The highest BCUT2D eigenvalue weighted by atomic mass is 16.5. The minimum atomic E-state index is -0.395. The number of Topliss-reactive ketones (excluding diaryl/α,β-unsaturated/α-hetero) is 1. The maximum atomic E-state index is 12.3. The van der Waals surface area contributed by atoms with Crippen LogP contribution in [0, 0.1) is 11.8 Å². The molecule has 15 heavy (non-hydrogen) atoms. The van der Waals surface area contributed by atoms with Crippen LogP contribution in [0.2, 0.25) is 0 Å². The number of rotatable bonds is 4. The van der Waals surface area contributed by atoms with Crippen LogP contribution in [0.3, 0.4) is 0 Å². The van der Waals surface area contributed by atoms with Crippen LogP contribution < -0.4 is 0 Å². The van der Waals surface area contributed by atoms with Gasteiger partial charge in [-0.3, -0.25) is 4.79 Å². The maximum absolute atomic E-state index is 12.3. The van der Waals surface area contributed by atoms with Gasteiger partial charge in [0, 0.05) is 12.5 Å². The topological polar surface area (TPSA) is 26.3 Å². The third kappa shape index (κ3) is 2.25. The Morgan fingerprint density at radius 3 is 2.67 bits per heavy atom. The molecule has 0 heterocycles. The first-order valence-electron chi connectivity index (χ1n) is 6.36. The lowest BCUT2D eigenvalue weighted by atomic mass is 9.75. The predicted molar refractivity (Wildman–Crippen MR) is 59.7 cm³/mol. The molecule has 2 rings (SSSR count). The fourth-order valence-electron chi connectivity index (χ4n) is 2.92. The number of hydrogen-bond donors (Lipinski definition) is 0. The minimum absolute atomic E-state index is 0.335. The van der Waals surface area contributed by atoms with Crippen molar-refractivity contribution in [1.29, 1.82) is 0 Å². The van der Waals surface area contributed by atoms with Gasteiger partial charge in [-0.25, -0.2) is 0 Å². The summed E-state index contributed by atoms with van der Waals surface area (Å²) in [4.78, 5) is 12.3. The van der Waals surface area contributed by atoms with Gasteiger partial charge in [-0.2, -0.15) is 0 Å². The summed E-state index contributed by atoms with van der Waals surface area (Å²) in [6.45, 7) is 4.92. The van der Waals surface area contributed by atoms with E-state index in [0.29, 0.717) is 24.2 Å². The minimum Gasteiger partial charge on any atom is -0.367 e. The highest BCUT2D eigenvalue weighted by molar-refractivity contribution is 5.91. The highest BCUT2D eigenvalue weighted by Crippen LogP contribution is 2.43. The van der Waals surface area contributed by atoms with Crippen molar-refractivity contribution in [3.63, 3.8) is 0 Å². The SMILES string of the molecule is CCOC1(C(=O)C2CC2)CCCC(C)C1. The molecule has 0 aromatic heterocycles. The summed E-state index contributed by atoms with van der Waals surface area (Å²) >= 11 is 0. The van der Waals surface area contributed by atoms with Crippen molar-refractivity contribution < 1.29 is 9.53 Å². The first-order chi connectivity index (χ1) is 7.18. The molecule has 0 radical (unpaired) electrons. The van der Waals surface area contributed by atoms with E-state index in [0.717, 1.165) is 32.1 Å². The molecule has 0 bridgehead atoms. The van der Waals surface area contributed by atoms with Crippen LogP contribution in [-0.4, -0.2) is 18.0 Å². The van der Waals surface area contributed by atoms with E-state index in [1.54, 1.807) is 0 Å². The lowest BCUT2D eigenvalue weighted by Gasteiger charge is -2.38. The summed E-state index contributed by atoms with van der Waals surface area (Å²) in [5, 5.41) is 0. The smallest absolute Gasteiger partial charge is 0.167 e. The number of ketones is 1. The van der Waals surface area contributed by atoms with Gasteiger partial charge in [0.15, 0.2) is 5.78 Å². The van der Waals surface area contributed by atoms with Crippen molar-refractivity contribution in [2.75, 3.05) is 6.61 Å². The lowest BCUT2D eigenvalue weighted by molar-refractivity contribution is -0.152. The van der Waals surface area contributed by atoms with Gasteiger partial charge >= 0.3 is 0 Å². The van der Waals surface area contributed by atoms with Crippen molar-refractivity contribution in [1.82, 2.24) is 0 Å². The molecule has 2 aliphatic carbocycles. The van der Waals surface area contributed by atoms with Gasteiger partial charge in [0.2, 0.25) is 0 Å². The molecule has 2 nitrogen and oxygen atoms in total. The van der Waals surface area contributed by atoms with Crippen molar-refractivity contribution in [2.24, 2.45) is 11.8 Å². The van der Waals surface area contributed by atoms with Gasteiger partial charge in [0.05, 0.1) is 0 Å². The zero-order valence-corrected chi connectivity index (χ0v) is 9.92. The second-order valence-electron chi connectivity index (χ2n) is 5.27. The van der Waals surface area contributed by atoms with Gasteiger partial charge in [0.25, 0.3) is 0 Å². The average Bonchev–Trinajstić information content (AvgIpc) is 3.00. The molecule has 0 aromatic carbocycles. The van der Waals surface area contributed by atoms with E-state index in [4.69, 9.17) is 4.74 Å². The number of ether oxygens (including phenoxy) is 1. The Labute approximate surface area is 92.4 Å². The zero-order chi connectivity index (χ0) is 10.9. The van der Waals surface area contributed by atoms with Gasteiger partial charge < -0.3 is 4.74 Å². The summed E-state index contributed by atoms with van der Waals surface area (Å²) < 4.78 is 5.85. The third-order valence-corrected chi connectivity index (χ3v) is 3.77. The Morgan fingerprint density at radius 2 is 2.13 bits per heavy atom. The molecular weight excluding hydrogens is 188 g/mol. The fraction of sp³-hybridized carbons (Fsp3) is 0.923. The van der Waals surface area contributed by atoms with Crippen LogP contribution in [-0.2, 0) is 9.53 Å². The van der Waals surface area contributed by atoms with Crippen LogP contribution in [0.15, 0.2) is 0 Å². The van der Waals surface area contributed by atoms with E-state index in [9.17, 15) is 4.79 Å². The Bertz CT molecular complexity index is 241. The predicted octanol–water partition coefficient (Wildman–Crippen LogP) is 2.95. The molecule has 0 aromatic rings. The van der Waals surface area contributed by atoms with Crippen LogP contribution in [0.5, 0.6) is 0 Å². The standard InChI is InChI=1S/C13H22O2/c1-3-15-13(12(14)11-6-7-11)8-4-5-10(2)9-13/h10-11H,3-9H2,1-2H3. The zero-order valence-electron chi connectivity index (χ0n) is 9.92. The molecule has 2 aliphatic rings. The van der Waals surface area contributed by atoms with E-state index in [1.165, 1.54) is 6.42 Å². The molecule has 2 heteroatoms. The van der Waals surface area contributed by atoms with Crippen molar-refractivity contribution in [2.45, 2.75) is 58.0 Å². The van der Waals surface area contributed by atoms with Gasteiger partial charge in [-0.05, 0) is 44.9 Å². The largest absolute Gasteiger partial charge is 0.367 e. The molecule has 86 valence electrons. The van der Waals surface area contributed by atoms with E-state index in [-0.39, 0.29) is 0 Å². The van der Waals surface area contributed by atoms with Crippen LogP contribution >= 0.6 is 0 Å². The second-order valence-corrected chi connectivity index (χ2v) is 5.27. The van der Waals surface area contributed by atoms with Gasteiger partial charge in [0.1, 0.15) is 5.60 Å². The second kappa shape index (κ2) is 4.25. The normalized spacial score (nSPS) is 36.5. The van der Waals surface area contributed by atoms with Gasteiger partial charge in [-0.1, -0.05) is 13.3 Å². The summed E-state index contributed by atoms with van der Waals surface area (Å²) in [7, 11) is 0. The van der Waals surface area contributed by atoms with Crippen molar-refractivity contribution >= 4 is 5.78 Å². The molecule has 2 atom stereocenters. The summed E-state index contributed by atoms with van der Waals surface area (Å²) in [6, 6.07) is 0. The monoisotopic (exact) mass is 210 g/mol. The van der Waals surface area contributed by atoms with Crippen LogP contribution in [0.4, 0.5) is 0 Å². The number of carbonyl (C=O) groups is 1. The fourth-order valence-corrected chi connectivity index (χ4v) is 2.92. The molecule has 0 spiro atoms. The number of carbonyl (C=O) groups excluding carboxylic acids is 1. The maximum Gasteiger partial charge on any atom is 0.167 e. The molecular formula is C13H22O2. The first-order valence-corrected chi connectivity index (χ1v) is 6.36. The van der Waals surface area contributed by atoms with E-state index in [1.807, 2.05) is 6.92 Å². The Balaban J connectivity index is 2.10. The molecule has 0 aliphatic heterocycles. The van der Waals surface area contributed by atoms with Crippen LogP contribution in [0.25, 0.3) is 0 Å². The average molecular weight is 210 g/mol. The highest BCUT2D eigenvalue weighted by Gasteiger charge is 2.48. The Hall–Kier alpha value is -0.370. The molecule has 2 saturated carbocycles. The molecule has 0 saturated heterocycles. The van der Waals surface area contributed by atoms with E-state index >= 15 is 0 Å². The van der Waals surface area contributed by atoms with Crippen molar-refractivity contribution in [3.05, 3.63) is 0 Å². The molecule has 0 amide bonds. The quantitative estimate of drug-likeness (QED) is 0.713. The summed E-state index contributed by atoms with van der Waals surface area (Å²) in [5.41, 5.74) is -0.395. The van der Waals surface area contributed by atoms with Crippen molar-refractivity contribution in [3.8, 4) is 0 Å². The third-order valence-electron chi connectivity index (χ3n) is 3.77. The summed E-state index contributed by atoms with van der Waals surface area (Å²) in [5.74, 6) is 1.39. The van der Waals surface area contributed by atoms with Gasteiger partial charge in [-0.15, -0.1) is 0 Å². The van der Waals surface area contributed by atoms with E-state index < -0.39 is 5.60 Å². The molecule has 2 unspecified atom stereocenters. The summed E-state index contributed by atoms with van der Waals surface area (Å²) in [6.07, 6.45) is 6.52. The number of hydrogen-bond acceptors (Lipinski definition) is 2. The Kier molecular flexibility index (Phi) is 3.15.